The van der Waals surface area contributed by atoms with E-state index < -0.39 is 5.97 Å². The second-order valence-corrected chi connectivity index (χ2v) is 4.72. The van der Waals surface area contributed by atoms with Gasteiger partial charge >= 0.3 is 5.97 Å². The SMILES string of the molecule is CN1CCC(N(C)c2ncc(C(=O)O)cn2)CC1. The Morgan fingerprint density at radius 3 is 2.44 bits per heavy atom. The third-order valence-electron chi connectivity index (χ3n) is 3.44. The highest BCUT2D eigenvalue weighted by molar-refractivity contribution is 5.86. The molecular weight excluding hydrogens is 232 g/mol. The first-order chi connectivity index (χ1) is 8.58. The average Bonchev–Trinajstić information content (AvgIpc) is 2.39. The lowest BCUT2D eigenvalue weighted by atomic mass is 10.0. The van der Waals surface area contributed by atoms with Gasteiger partial charge in [-0.25, -0.2) is 14.8 Å². The summed E-state index contributed by atoms with van der Waals surface area (Å²) in [7, 11) is 4.08. The molecule has 1 aromatic rings. The Bertz CT molecular complexity index is 413. The number of anilines is 1. The topological polar surface area (TPSA) is 69.6 Å². The van der Waals surface area contributed by atoms with E-state index in [1.807, 2.05) is 11.9 Å². The molecule has 0 unspecified atom stereocenters. The van der Waals surface area contributed by atoms with Crippen molar-refractivity contribution >= 4 is 11.9 Å². The van der Waals surface area contributed by atoms with Gasteiger partial charge in [-0.1, -0.05) is 0 Å². The number of hydrogen-bond acceptors (Lipinski definition) is 5. The molecular formula is C12H18N4O2. The van der Waals surface area contributed by atoms with E-state index >= 15 is 0 Å². The van der Waals surface area contributed by atoms with Gasteiger partial charge in [0.15, 0.2) is 0 Å². The monoisotopic (exact) mass is 250 g/mol. The Hall–Kier alpha value is -1.69. The number of carbonyl (C=O) groups is 1. The van der Waals surface area contributed by atoms with Crippen molar-refractivity contribution in [3.05, 3.63) is 18.0 Å². The summed E-state index contributed by atoms with van der Waals surface area (Å²) >= 11 is 0. The average molecular weight is 250 g/mol. The van der Waals surface area contributed by atoms with E-state index in [1.54, 1.807) is 0 Å². The predicted octanol–water partition coefficient (Wildman–Crippen LogP) is 0.705. The fourth-order valence-corrected chi connectivity index (χ4v) is 2.16. The van der Waals surface area contributed by atoms with Crippen LogP contribution in [0.4, 0.5) is 5.95 Å². The Balaban J connectivity index is 2.04. The maximum Gasteiger partial charge on any atom is 0.338 e. The Kier molecular flexibility index (Phi) is 3.76. The summed E-state index contributed by atoms with van der Waals surface area (Å²) < 4.78 is 0. The van der Waals surface area contributed by atoms with E-state index in [1.165, 1.54) is 12.4 Å². The summed E-state index contributed by atoms with van der Waals surface area (Å²) in [4.78, 5) is 23.3. The highest BCUT2D eigenvalue weighted by Gasteiger charge is 2.22. The van der Waals surface area contributed by atoms with Gasteiger partial charge < -0.3 is 14.9 Å². The summed E-state index contributed by atoms with van der Waals surface area (Å²) in [5, 5.41) is 8.79. The highest BCUT2D eigenvalue weighted by Crippen LogP contribution is 2.18. The van der Waals surface area contributed by atoms with Crippen LogP contribution in [-0.2, 0) is 0 Å². The van der Waals surface area contributed by atoms with Crippen molar-refractivity contribution in [1.82, 2.24) is 14.9 Å². The maximum absolute atomic E-state index is 10.7. The first-order valence-electron chi connectivity index (χ1n) is 6.04. The molecule has 0 aliphatic carbocycles. The fraction of sp³-hybridized carbons (Fsp3) is 0.583. The molecule has 0 amide bonds. The first kappa shape index (κ1) is 12.8. The molecule has 0 saturated carbocycles. The normalized spacial score (nSPS) is 17.7. The van der Waals surface area contributed by atoms with Crippen LogP contribution in [0.25, 0.3) is 0 Å². The molecule has 2 heterocycles. The van der Waals surface area contributed by atoms with E-state index in [0.29, 0.717) is 12.0 Å². The van der Waals surface area contributed by atoms with Crippen molar-refractivity contribution in [2.24, 2.45) is 0 Å². The smallest absolute Gasteiger partial charge is 0.338 e. The van der Waals surface area contributed by atoms with Crippen LogP contribution in [0.3, 0.4) is 0 Å². The van der Waals surface area contributed by atoms with Gasteiger partial charge in [0.25, 0.3) is 0 Å². The molecule has 0 aromatic carbocycles. The van der Waals surface area contributed by atoms with Gasteiger partial charge in [0, 0.05) is 25.5 Å². The zero-order valence-electron chi connectivity index (χ0n) is 10.7. The lowest BCUT2D eigenvalue weighted by Gasteiger charge is -2.35. The van der Waals surface area contributed by atoms with Crippen molar-refractivity contribution in [2.45, 2.75) is 18.9 Å². The Morgan fingerprint density at radius 2 is 1.94 bits per heavy atom. The minimum absolute atomic E-state index is 0.121. The number of carboxylic acid groups (broad SMARTS) is 1. The minimum Gasteiger partial charge on any atom is -0.478 e. The highest BCUT2D eigenvalue weighted by atomic mass is 16.4. The summed E-state index contributed by atoms with van der Waals surface area (Å²) in [5.74, 6) is -0.405. The first-order valence-corrected chi connectivity index (χ1v) is 6.04. The maximum atomic E-state index is 10.7. The van der Waals surface area contributed by atoms with Gasteiger partial charge in [-0.15, -0.1) is 0 Å². The van der Waals surface area contributed by atoms with E-state index in [9.17, 15) is 4.79 Å². The van der Waals surface area contributed by atoms with Gasteiger partial charge in [0.05, 0.1) is 5.56 Å². The number of piperidine rings is 1. The molecule has 1 N–H and O–H groups in total. The molecule has 1 aromatic heterocycles. The van der Waals surface area contributed by atoms with Crippen molar-refractivity contribution in [2.75, 3.05) is 32.1 Å². The van der Waals surface area contributed by atoms with Gasteiger partial charge in [0.1, 0.15) is 0 Å². The number of nitrogens with zero attached hydrogens (tertiary/aromatic N) is 4. The molecule has 1 aliphatic heterocycles. The fourth-order valence-electron chi connectivity index (χ4n) is 2.16. The number of likely N-dealkylation sites (tertiary alicyclic amines) is 1. The van der Waals surface area contributed by atoms with Gasteiger partial charge in [0.2, 0.25) is 5.95 Å². The zero-order chi connectivity index (χ0) is 13.1. The van der Waals surface area contributed by atoms with Crippen LogP contribution in [0.15, 0.2) is 12.4 Å². The summed E-state index contributed by atoms with van der Waals surface area (Å²) in [6.45, 7) is 2.14. The summed E-state index contributed by atoms with van der Waals surface area (Å²) in [5.41, 5.74) is 0.121. The van der Waals surface area contributed by atoms with Crippen LogP contribution in [0, 0.1) is 0 Å². The third-order valence-corrected chi connectivity index (χ3v) is 3.44. The van der Waals surface area contributed by atoms with Crippen molar-refractivity contribution in [3.63, 3.8) is 0 Å². The molecule has 1 aliphatic rings. The largest absolute Gasteiger partial charge is 0.478 e. The zero-order valence-corrected chi connectivity index (χ0v) is 10.7. The van der Waals surface area contributed by atoms with Crippen molar-refractivity contribution in [3.8, 4) is 0 Å². The molecule has 6 nitrogen and oxygen atoms in total. The van der Waals surface area contributed by atoms with E-state index in [2.05, 4.69) is 21.9 Å². The number of rotatable bonds is 3. The second kappa shape index (κ2) is 5.30. The number of hydrogen-bond donors (Lipinski definition) is 1. The van der Waals surface area contributed by atoms with E-state index in [-0.39, 0.29) is 5.56 Å². The predicted molar refractivity (Wildman–Crippen MR) is 67.9 cm³/mol. The number of aromatic nitrogens is 2. The molecule has 0 spiro atoms. The Labute approximate surface area is 106 Å². The molecule has 18 heavy (non-hydrogen) atoms. The number of aromatic carboxylic acids is 1. The number of carboxylic acids is 1. The van der Waals surface area contributed by atoms with Crippen LogP contribution < -0.4 is 4.90 Å². The third kappa shape index (κ3) is 2.76. The van der Waals surface area contributed by atoms with Crippen LogP contribution in [0.2, 0.25) is 0 Å². The molecule has 2 rings (SSSR count). The van der Waals surface area contributed by atoms with Gasteiger partial charge in [-0.2, -0.15) is 0 Å². The minimum atomic E-state index is -0.997. The van der Waals surface area contributed by atoms with E-state index in [4.69, 9.17) is 5.11 Å². The van der Waals surface area contributed by atoms with Crippen LogP contribution in [0.1, 0.15) is 23.2 Å². The van der Waals surface area contributed by atoms with Crippen molar-refractivity contribution in [1.29, 1.82) is 0 Å². The van der Waals surface area contributed by atoms with Gasteiger partial charge in [-0.05, 0) is 33.0 Å². The van der Waals surface area contributed by atoms with Crippen LogP contribution in [-0.4, -0.2) is 59.2 Å². The lowest BCUT2D eigenvalue weighted by Crippen LogP contribution is -2.42. The van der Waals surface area contributed by atoms with Crippen LogP contribution in [0.5, 0.6) is 0 Å². The second-order valence-electron chi connectivity index (χ2n) is 4.72. The quantitative estimate of drug-likeness (QED) is 0.852. The molecule has 0 bridgehead atoms. The summed E-state index contributed by atoms with van der Waals surface area (Å²) in [6, 6.07) is 0.428. The van der Waals surface area contributed by atoms with Gasteiger partial charge in [-0.3, -0.25) is 0 Å². The van der Waals surface area contributed by atoms with E-state index in [0.717, 1.165) is 25.9 Å². The lowest BCUT2D eigenvalue weighted by molar-refractivity contribution is 0.0696. The molecule has 1 saturated heterocycles. The Morgan fingerprint density at radius 1 is 1.39 bits per heavy atom. The molecule has 98 valence electrons. The summed E-state index contributed by atoms with van der Waals surface area (Å²) in [6.07, 6.45) is 4.88. The molecule has 0 radical (unpaired) electrons. The molecule has 0 atom stereocenters. The van der Waals surface area contributed by atoms with Crippen LogP contribution >= 0.6 is 0 Å². The standard InChI is InChI=1S/C12H18N4O2/c1-15-5-3-10(4-6-15)16(2)12-13-7-9(8-14-12)11(17)18/h7-8,10H,3-6H2,1-2H3,(H,17,18). The molecule has 1 fully saturated rings. The molecule has 6 heteroatoms. The van der Waals surface area contributed by atoms with Crippen molar-refractivity contribution < 1.29 is 9.90 Å².